The van der Waals surface area contributed by atoms with Gasteiger partial charge in [0, 0.05) is 12.8 Å². The number of esters is 1. The van der Waals surface area contributed by atoms with Crippen molar-refractivity contribution < 1.29 is 37.3 Å². The van der Waals surface area contributed by atoms with Crippen molar-refractivity contribution in [2.45, 2.75) is 296 Å². The number of allylic oxidation sites excluding steroid dienone is 9. The Hall–Kier alpha value is -2.29. The average Bonchev–Trinajstić information content (AvgIpc) is 3.36. The van der Waals surface area contributed by atoms with Crippen LogP contribution in [0.1, 0.15) is 284 Å². The highest BCUT2D eigenvalue weighted by Crippen LogP contribution is 2.43. The van der Waals surface area contributed by atoms with E-state index in [1.807, 2.05) is 33.3 Å². The monoisotopic (exact) mass is 1060 g/mol. The van der Waals surface area contributed by atoms with E-state index in [-0.39, 0.29) is 31.5 Å². The second kappa shape index (κ2) is 54.1. The first-order valence-corrected chi connectivity index (χ1v) is 32.6. The number of nitrogens with one attached hydrogen (secondary N) is 1. The Morgan fingerprint density at radius 3 is 1.28 bits per heavy atom. The Morgan fingerprint density at radius 1 is 0.473 bits per heavy atom. The van der Waals surface area contributed by atoms with Crippen molar-refractivity contribution in [1.82, 2.24) is 5.32 Å². The second-order valence-corrected chi connectivity index (χ2v) is 23.7. The predicted molar refractivity (Wildman–Crippen MR) is 318 cm³/mol. The first-order valence-electron chi connectivity index (χ1n) is 31.1. The molecule has 3 atom stereocenters. The van der Waals surface area contributed by atoms with Gasteiger partial charge >= 0.3 is 13.8 Å². The fourth-order valence-electron chi connectivity index (χ4n) is 8.82. The summed E-state index contributed by atoms with van der Waals surface area (Å²) in [6, 6.07) is -0.859. The third-order valence-electron chi connectivity index (χ3n) is 13.7. The number of phosphoric ester groups is 1. The predicted octanol–water partition coefficient (Wildman–Crippen LogP) is 19.1. The van der Waals surface area contributed by atoms with Gasteiger partial charge < -0.3 is 19.4 Å². The summed E-state index contributed by atoms with van der Waals surface area (Å²) in [6.45, 7) is 6.98. The summed E-state index contributed by atoms with van der Waals surface area (Å²) in [5, 5.41) is 3.04. The maximum atomic E-state index is 13.5. The van der Waals surface area contributed by atoms with E-state index in [2.05, 4.69) is 74.7 Å². The summed E-state index contributed by atoms with van der Waals surface area (Å²) >= 11 is 0. The van der Waals surface area contributed by atoms with Crippen LogP contribution in [0.2, 0.25) is 0 Å². The van der Waals surface area contributed by atoms with Gasteiger partial charge in [0.05, 0.1) is 33.8 Å². The molecule has 432 valence electrons. The smallest absolute Gasteiger partial charge is 0.456 e. The maximum absolute atomic E-state index is 13.5. The molecule has 3 unspecified atom stereocenters. The quantitative estimate of drug-likeness (QED) is 0.0205. The van der Waals surface area contributed by atoms with Gasteiger partial charge in [-0.05, 0) is 96.0 Å². The maximum Gasteiger partial charge on any atom is 0.472 e. The average molecular weight is 1060 g/mol. The van der Waals surface area contributed by atoms with Gasteiger partial charge in [-0.25, -0.2) is 4.57 Å². The molecule has 0 aromatic carbocycles. The van der Waals surface area contributed by atoms with E-state index in [1.54, 1.807) is 0 Å². The Balaban J connectivity index is 5.29. The van der Waals surface area contributed by atoms with Gasteiger partial charge in [0.1, 0.15) is 19.3 Å². The first kappa shape index (κ1) is 71.7. The standard InChI is InChI=1S/C64H119N2O7P/c1-7-10-13-16-19-22-25-28-30-31-32-33-34-35-36-39-42-45-48-51-54-57-64(68)73-62(55-52-49-46-43-40-37-27-24-21-18-15-12-9-3)61(60-72-74(69,70)71-59-58-66(4,5)6)65-63(67)56-53-50-47-44-41-38-29-26-23-20-17-14-11-8-2/h19,22,28,30,32-33,38,41,52,55,61-62H,7-18,20-21,23-27,29,31,34-37,39-40,42-51,53-54,56-60H2,1-6H3,(H-,65,67,69,70)/p+1/b22-19-,30-28-,33-32-,41-38-,55-52-. The van der Waals surface area contributed by atoms with Crippen LogP contribution in [0.15, 0.2) is 60.8 Å². The number of carbonyl (C=O) groups is 2. The van der Waals surface area contributed by atoms with Gasteiger partial charge in [0.2, 0.25) is 5.91 Å². The summed E-state index contributed by atoms with van der Waals surface area (Å²) in [5.74, 6) is -0.527. The minimum Gasteiger partial charge on any atom is -0.456 e. The van der Waals surface area contributed by atoms with Crippen LogP contribution in [0.5, 0.6) is 0 Å². The second-order valence-electron chi connectivity index (χ2n) is 22.2. The highest BCUT2D eigenvalue weighted by molar-refractivity contribution is 7.47. The molecule has 10 heteroatoms. The Morgan fingerprint density at radius 2 is 0.824 bits per heavy atom. The molecule has 2 N–H and O–H groups in total. The highest BCUT2D eigenvalue weighted by atomic mass is 31.2. The van der Waals surface area contributed by atoms with E-state index in [1.165, 1.54) is 154 Å². The molecular weight excluding hydrogens is 940 g/mol. The van der Waals surface area contributed by atoms with Crippen molar-refractivity contribution in [3.05, 3.63) is 60.8 Å². The van der Waals surface area contributed by atoms with Crippen molar-refractivity contribution in [2.75, 3.05) is 40.9 Å². The van der Waals surface area contributed by atoms with E-state index in [9.17, 15) is 19.0 Å². The number of amides is 1. The van der Waals surface area contributed by atoms with Crippen molar-refractivity contribution in [2.24, 2.45) is 0 Å². The normalized spacial score (nSPS) is 14.1. The number of rotatable bonds is 56. The topological polar surface area (TPSA) is 111 Å². The van der Waals surface area contributed by atoms with E-state index >= 15 is 0 Å². The summed E-state index contributed by atoms with van der Waals surface area (Å²) in [4.78, 5) is 37.7. The molecule has 0 spiro atoms. The van der Waals surface area contributed by atoms with Crippen molar-refractivity contribution >= 4 is 19.7 Å². The van der Waals surface area contributed by atoms with E-state index in [0.29, 0.717) is 17.4 Å². The van der Waals surface area contributed by atoms with Gasteiger partial charge in [-0.3, -0.25) is 18.6 Å². The first-order chi connectivity index (χ1) is 35.9. The van der Waals surface area contributed by atoms with Gasteiger partial charge in [-0.2, -0.15) is 0 Å². The van der Waals surface area contributed by atoms with E-state index in [0.717, 1.165) is 96.3 Å². The number of quaternary nitrogens is 1. The van der Waals surface area contributed by atoms with E-state index in [4.69, 9.17) is 13.8 Å². The minimum absolute atomic E-state index is 0.0354. The lowest BCUT2D eigenvalue weighted by molar-refractivity contribution is -0.870. The van der Waals surface area contributed by atoms with Crippen LogP contribution in [0.25, 0.3) is 0 Å². The molecule has 0 radical (unpaired) electrons. The van der Waals surface area contributed by atoms with Crippen LogP contribution in [0.4, 0.5) is 0 Å². The number of ether oxygens (including phenoxy) is 1. The van der Waals surface area contributed by atoms with Gasteiger partial charge in [-0.15, -0.1) is 0 Å². The zero-order valence-corrected chi connectivity index (χ0v) is 50.2. The molecule has 0 saturated carbocycles. The molecule has 0 saturated heterocycles. The number of likely N-dealkylation sites (N-methyl/N-ethyl adjacent to an activating group) is 1. The number of hydrogen-bond donors (Lipinski definition) is 2. The molecule has 0 aliphatic carbocycles. The van der Waals surface area contributed by atoms with E-state index < -0.39 is 20.0 Å². The minimum atomic E-state index is -4.45. The van der Waals surface area contributed by atoms with Crippen LogP contribution in [0.3, 0.4) is 0 Å². The van der Waals surface area contributed by atoms with Crippen molar-refractivity contribution in [3.63, 3.8) is 0 Å². The lowest BCUT2D eigenvalue weighted by Gasteiger charge is -2.27. The Bertz CT molecular complexity index is 1450. The lowest BCUT2D eigenvalue weighted by Crippen LogP contribution is -2.47. The SMILES string of the molecule is CCCCC/C=C\C/C=C\C/C=C\CCCCCCCCCCC(=O)OC(/C=C\CCCCCCCCCCCCC)C(COP(=O)(O)OCC[N+](C)(C)C)NC(=O)CCCCC/C=C\CCCCCCCCC. The Kier molecular flexibility index (Phi) is 52.4. The van der Waals surface area contributed by atoms with Crippen LogP contribution in [0, 0.1) is 0 Å². The molecule has 74 heavy (non-hydrogen) atoms. The molecule has 1 amide bonds. The molecule has 9 nitrogen and oxygen atoms in total. The third-order valence-corrected chi connectivity index (χ3v) is 14.7. The third kappa shape index (κ3) is 54.5. The number of nitrogens with zero attached hydrogens (tertiary/aromatic N) is 1. The molecule has 0 bridgehead atoms. The lowest BCUT2D eigenvalue weighted by atomic mass is 10.0. The summed E-state index contributed by atoms with van der Waals surface area (Å²) in [6.07, 6.45) is 67.8. The van der Waals surface area contributed by atoms with Gasteiger partial charge in [0.25, 0.3) is 0 Å². The highest BCUT2D eigenvalue weighted by Gasteiger charge is 2.30. The summed E-state index contributed by atoms with van der Waals surface area (Å²) < 4.78 is 30.7. The number of hydrogen-bond acceptors (Lipinski definition) is 6. The summed E-state index contributed by atoms with van der Waals surface area (Å²) in [5.41, 5.74) is 0. The van der Waals surface area contributed by atoms with Crippen molar-refractivity contribution in [1.29, 1.82) is 0 Å². The van der Waals surface area contributed by atoms with Crippen LogP contribution in [-0.4, -0.2) is 74.3 Å². The number of phosphoric acid groups is 1. The molecule has 0 heterocycles. The fraction of sp³-hybridized carbons (Fsp3) is 0.812. The largest absolute Gasteiger partial charge is 0.472 e. The fourth-order valence-corrected chi connectivity index (χ4v) is 9.56. The van der Waals surface area contributed by atoms with Crippen LogP contribution >= 0.6 is 7.82 Å². The number of unbranched alkanes of at least 4 members (excludes halogenated alkanes) is 32. The number of carbonyl (C=O) groups excluding carboxylic acids is 2. The molecule has 0 aromatic rings. The molecule has 0 aliphatic rings. The summed E-state index contributed by atoms with van der Waals surface area (Å²) in [7, 11) is 1.48. The van der Waals surface area contributed by atoms with Crippen molar-refractivity contribution in [3.8, 4) is 0 Å². The Labute approximate surface area is 458 Å². The van der Waals surface area contributed by atoms with Gasteiger partial charge in [0.15, 0.2) is 0 Å². The molecule has 0 aromatic heterocycles. The molecule has 0 aliphatic heterocycles. The molecule has 0 fully saturated rings. The molecular formula is C64H120N2O7P+. The van der Waals surface area contributed by atoms with Crippen LogP contribution < -0.4 is 5.32 Å². The van der Waals surface area contributed by atoms with Crippen LogP contribution in [-0.2, 0) is 27.9 Å². The van der Waals surface area contributed by atoms with Gasteiger partial charge in [-0.1, -0.05) is 236 Å². The zero-order chi connectivity index (χ0) is 54.3. The molecule has 0 rings (SSSR count). The zero-order valence-electron chi connectivity index (χ0n) is 49.3.